The summed E-state index contributed by atoms with van der Waals surface area (Å²) in [5.74, 6) is -0.285. The number of thioether (sulfide) groups is 1. The molecule has 0 heterocycles. The number of carbonyl (C=O) groups is 2. The van der Waals surface area contributed by atoms with E-state index in [0.29, 0.717) is 6.54 Å². The smallest absolute Gasteiger partial charge is 0.321 e. The van der Waals surface area contributed by atoms with Gasteiger partial charge < -0.3 is 5.32 Å². The Kier molecular flexibility index (Phi) is 5.71. The van der Waals surface area contributed by atoms with Crippen LogP contribution in [0.15, 0.2) is 29.2 Å². The van der Waals surface area contributed by atoms with Gasteiger partial charge in [0.05, 0.1) is 5.25 Å². The third kappa shape index (κ3) is 4.79. The van der Waals surface area contributed by atoms with Crippen molar-refractivity contribution in [2.75, 3.05) is 6.54 Å². The van der Waals surface area contributed by atoms with Gasteiger partial charge >= 0.3 is 6.03 Å². The summed E-state index contributed by atoms with van der Waals surface area (Å²) in [7, 11) is 0. The molecule has 0 aliphatic heterocycles. The molecule has 0 spiro atoms. The number of amides is 3. The molecule has 5 heteroatoms. The number of hydrogen-bond acceptors (Lipinski definition) is 3. The van der Waals surface area contributed by atoms with Crippen LogP contribution in [0.4, 0.5) is 4.79 Å². The maximum atomic E-state index is 11.7. The first-order valence-corrected chi connectivity index (χ1v) is 6.73. The van der Waals surface area contributed by atoms with Crippen LogP contribution in [-0.4, -0.2) is 23.7 Å². The fourth-order valence-electron chi connectivity index (χ4n) is 1.36. The Balaban J connectivity index is 2.52. The van der Waals surface area contributed by atoms with Gasteiger partial charge in [-0.2, -0.15) is 0 Å². The van der Waals surface area contributed by atoms with E-state index in [9.17, 15) is 9.59 Å². The van der Waals surface area contributed by atoms with Crippen molar-refractivity contribution in [3.05, 3.63) is 29.8 Å². The molecule has 1 atom stereocenters. The SMILES string of the molecule is CCNC(=O)NC(=O)[C@H](C)Sc1cccc(C)c1. The average molecular weight is 266 g/mol. The van der Waals surface area contributed by atoms with Gasteiger partial charge in [-0.3, -0.25) is 10.1 Å². The van der Waals surface area contributed by atoms with Crippen LogP contribution in [0, 0.1) is 6.92 Å². The van der Waals surface area contributed by atoms with Crippen LogP contribution >= 0.6 is 11.8 Å². The van der Waals surface area contributed by atoms with Gasteiger partial charge in [0.1, 0.15) is 0 Å². The lowest BCUT2D eigenvalue weighted by Gasteiger charge is -2.11. The van der Waals surface area contributed by atoms with E-state index < -0.39 is 6.03 Å². The van der Waals surface area contributed by atoms with Gasteiger partial charge in [0, 0.05) is 11.4 Å². The molecule has 0 saturated carbocycles. The van der Waals surface area contributed by atoms with Crippen LogP contribution in [0.25, 0.3) is 0 Å². The molecule has 1 rings (SSSR count). The van der Waals surface area contributed by atoms with E-state index in [-0.39, 0.29) is 11.2 Å². The highest BCUT2D eigenvalue weighted by molar-refractivity contribution is 8.00. The quantitative estimate of drug-likeness (QED) is 0.822. The molecular formula is C13H18N2O2S. The highest BCUT2D eigenvalue weighted by Gasteiger charge is 2.16. The van der Waals surface area contributed by atoms with E-state index in [2.05, 4.69) is 10.6 Å². The summed E-state index contributed by atoms with van der Waals surface area (Å²) in [6.07, 6.45) is 0. The van der Waals surface area contributed by atoms with Crippen LogP contribution in [0.3, 0.4) is 0 Å². The predicted octanol–water partition coefficient (Wildman–Crippen LogP) is 2.32. The van der Waals surface area contributed by atoms with Crippen molar-refractivity contribution >= 4 is 23.7 Å². The lowest BCUT2D eigenvalue weighted by molar-refractivity contribution is -0.119. The molecule has 0 saturated heterocycles. The Labute approximate surface area is 112 Å². The molecule has 0 aliphatic carbocycles. The highest BCUT2D eigenvalue weighted by atomic mass is 32.2. The monoisotopic (exact) mass is 266 g/mol. The van der Waals surface area contributed by atoms with Crippen LogP contribution in [0.5, 0.6) is 0 Å². The van der Waals surface area contributed by atoms with Crippen molar-refractivity contribution in [2.24, 2.45) is 0 Å². The summed E-state index contributed by atoms with van der Waals surface area (Å²) in [4.78, 5) is 24.0. The summed E-state index contributed by atoms with van der Waals surface area (Å²) < 4.78 is 0. The summed E-state index contributed by atoms with van der Waals surface area (Å²) in [5.41, 5.74) is 1.15. The molecule has 3 amide bonds. The lowest BCUT2D eigenvalue weighted by atomic mass is 10.2. The molecule has 0 fully saturated rings. The minimum Gasteiger partial charge on any atom is -0.338 e. The van der Waals surface area contributed by atoms with E-state index in [0.717, 1.165) is 10.5 Å². The van der Waals surface area contributed by atoms with Gasteiger partial charge in [-0.25, -0.2) is 4.79 Å². The molecule has 18 heavy (non-hydrogen) atoms. The Bertz CT molecular complexity index is 435. The van der Waals surface area contributed by atoms with Crippen LogP contribution in [0.1, 0.15) is 19.4 Å². The standard InChI is InChI=1S/C13H18N2O2S/c1-4-14-13(17)15-12(16)10(3)18-11-7-5-6-9(2)8-11/h5-8,10H,4H2,1-3H3,(H2,14,15,16,17)/t10-/m0/s1. The van der Waals surface area contributed by atoms with Crippen molar-refractivity contribution in [3.63, 3.8) is 0 Å². The van der Waals surface area contributed by atoms with Crippen molar-refractivity contribution in [1.29, 1.82) is 0 Å². The van der Waals surface area contributed by atoms with Crippen molar-refractivity contribution in [3.8, 4) is 0 Å². The number of rotatable bonds is 4. The highest BCUT2D eigenvalue weighted by Crippen LogP contribution is 2.23. The van der Waals surface area contributed by atoms with Crippen LogP contribution in [0.2, 0.25) is 0 Å². The molecular weight excluding hydrogens is 248 g/mol. The van der Waals surface area contributed by atoms with Crippen molar-refractivity contribution < 1.29 is 9.59 Å². The molecule has 0 aliphatic rings. The third-order valence-electron chi connectivity index (χ3n) is 2.25. The van der Waals surface area contributed by atoms with Crippen LogP contribution < -0.4 is 10.6 Å². The third-order valence-corrected chi connectivity index (χ3v) is 3.34. The molecule has 0 radical (unpaired) electrons. The molecule has 98 valence electrons. The minimum atomic E-state index is -0.445. The fourth-order valence-corrected chi connectivity index (χ4v) is 2.35. The zero-order valence-electron chi connectivity index (χ0n) is 10.8. The second kappa shape index (κ2) is 7.06. The molecule has 1 aromatic rings. The average Bonchev–Trinajstić information content (AvgIpc) is 2.29. The Hall–Kier alpha value is -1.49. The fraction of sp³-hybridized carbons (Fsp3) is 0.385. The Morgan fingerprint density at radius 1 is 1.39 bits per heavy atom. The lowest BCUT2D eigenvalue weighted by Crippen LogP contribution is -2.42. The topological polar surface area (TPSA) is 58.2 Å². The number of urea groups is 1. The number of imide groups is 1. The molecule has 0 bridgehead atoms. The van der Waals surface area contributed by atoms with E-state index in [4.69, 9.17) is 0 Å². The number of carbonyl (C=O) groups excluding carboxylic acids is 2. The zero-order chi connectivity index (χ0) is 13.5. The zero-order valence-corrected chi connectivity index (χ0v) is 11.6. The molecule has 2 N–H and O–H groups in total. The maximum absolute atomic E-state index is 11.7. The minimum absolute atomic E-state index is 0.285. The van der Waals surface area contributed by atoms with E-state index in [1.165, 1.54) is 11.8 Å². The van der Waals surface area contributed by atoms with E-state index >= 15 is 0 Å². The van der Waals surface area contributed by atoms with Gasteiger partial charge in [0.15, 0.2) is 0 Å². The summed E-state index contributed by atoms with van der Waals surface area (Å²) in [5, 5.41) is 4.52. The number of aryl methyl sites for hydroxylation is 1. The summed E-state index contributed by atoms with van der Waals surface area (Å²) >= 11 is 1.43. The van der Waals surface area contributed by atoms with Gasteiger partial charge in [-0.1, -0.05) is 17.7 Å². The number of benzene rings is 1. The first-order valence-electron chi connectivity index (χ1n) is 5.85. The number of hydrogen-bond donors (Lipinski definition) is 2. The predicted molar refractivity (Wildman–Crippen MR) is 73.7 cm³/mol. The van der Waals surface area contributed by atoms with E-state index in [1.54, 1.807) is 13.8 Å². The molecule has 4 nitrogen and oxygen atoms in total. The molecule has 1 aromatic carbocycles. The first kappa shape index (κ1) is 14.6. The normalized spacial score (nSPS) is 11.7. The van der Waals surface area contributed by atoms with E-state index in [1.807, 2.05) is 31.2 Å². The molecule has 0 aromatic heterocycles. The van der Waals surface area contributed by atoms with Gasteiger partial charge in [-0.05, 0) is 32.9 Å². The van der Waals surface area contributed by atoms with Crippen LogP contribution in [-0.2, 0) is 4.79 Å². The summed E-state index contributed by atoms with van der Waals surface area (Å²) in [6.45, 7) is 6.08. The summed E-state index contributed by atoms with van der Waals surface area (Å²) in [6, 6.07) is 7.48. The van der Waals surface area contributed by atoms with Gasteiger partial charge in [0.2, 0.25) is 5.91 Å². The first-order chi connectivity index (χ1) is 8.52. The van der Waals surface area contributed by atoms with Crippen molar-refractivity contribution in [1.82, 2.24) is 10.6 Å². The second-order valence-corrected chi connectivity index (χ2v) is 5.34. The van der Waals surface area contributed by atoms with Gasteiger partial charge in [-0.15, -0.1) is 11.8 Å². The largest absolute Gasteiger partial charge is 0.338 e. The Morgan fingerprint density at radius 2 is 2.11 bits per heavy atom. The van der Waals surface area contributed by atoms with Crippen molar-refractivity contribution in [2.45, 2.75) is 30.9 Å². The maximum Gasteiger partial charge on any atom is 0.321 e. The molecule has 0 unspecified atom stereocenters. The Morgan fingerprint density at radius 3 is 2.72 bits per heavy atom. The number of nitrogens with one attached hydrogen (secondary N) is 2. The second-order valence-electron chi connectivity index (χ2n) is 3.93. The van der Waals surface area contributed by atoms with Gasteiger partial charge in [0.25, 0.3) is 0 Å².